The van der Waals surface area contributed by atoms with E-state index in [2.05, 4.69) is 20.8 Å². The van der Waals surface area contributed by atoms with Crippen LogP contribution in [0.1, 0.15) is 73.4 Å². The van der Waals surface area contributed by atoms with Gasteiger partial charge in [-0.15, -0.1) is 0 Å². The predicted octanol–water partition coefficient (Wildman–Crippen LogP) is 3.20. The van der Waals surface area contributed by atoms with Crippen LogP contribution >= 0.6 is 0 Å². The summed E-state index contributed by atoms with van der Waals surface area (Å²) in [7, 11) is 0. The number of hydrogen-bond donors (Lipinski definition) is 6. The van der Waals surface area contributed by atoms with Crippen molar-refractivity contribution in [3.63, 3.8) is 0 Å². The second kappa shape index (κ2) is 8.79. The zero-order chi connectivity index (χ0) is 23.0. The van der Waals surface area contributed by atoms with Crippen LogP contribution < -0.4 is 0 Å². The maximum absolute atomic E-state index is 10.4. The van der Waals surface area contributed by atoms with Crippen LogP contribution in [0.3, 0.4) is 0 Å². The Kier molecular flexibility index (Phi) is 6.67. The van der Waals surface area contributed by atoms with E-state index < -0.39 is 5.41 Å². The summed E-state index contributed by atoms with van der Waals surface area (Å²) in [6.07, 6.45) is 2.56. The van der Waals surface area contributed by atoms with E-state index >= 15 is 0 Å². The lowest BCUT2D eigenvalue weighted by Crippen LogP contribution is -2.41. The van der Waals surface area contributed by atoms with Gasteiger partial charge < -0.3 is 30.6 Å². The Bertz CT molecular complexity index is 838. The molecule has 2 aromatic carbocycles. The highest BCUT2D eigenvalue weighted by Gasteiger charge is 2.46. The summed E-state index contributed by atoms with van der Waals surface area (Å²) in [6.45, 7) is 5.16. The third kappa shape index (κ3) is 4.30. The SMILES string of the molecule is CC1CC(C)(C)CC(c2cc(CO)c(O)c(CO)c2)(c2cc(CO)c(O)c(CO)c2)C1. The molecule has 0 aromatic heterocycles. The Morgan fingerprint density at radius 3 is 1.35 bits per heavy atom. The third-order valence-corrected chi connectivity index (χ3v) is 6.70. The molecule has 1 aliphatic rings. The molecule has 1 fully saturated rings. The van der Waals surface area contributed by atoms with Gasteiger partial charge in [0.1, 0.15) is 11.5 Å². The van der Waals surface area contributed by atoms with Crippen molar-refractivity contribution in [2.75, 3.05) is 0 Å². The minimum Gasteiger partial charge on any atom is -0.507 e. The van der Waals surface area contributed by atoms with Crippen LogP contribution in [-0.4, -0.2) is 30.6 Å². The van der Waals surface area contributed by atoms with Gasteiger partial charge in [0.15, 0.2) is 0 Å². The van der Waals surface area contributed by atoms with Crippen molar-refractivity contribution in [3.8, 4) is 11.5 Å². The number of hydrogen-bond acceptors (Lipinski definition) is 6. The van der Waals surface area contributed by atoms with E-state index in [1.165, 1.54) is 0 Å². The Balaban J connectivity index is 2.36. The molecule has 0 bridgehead atoms. The van der Waals surface area contributed by atoms with E-state index in [1.54, 1.807) is 24.3 Å². The minimum atomic E-state index is -0.551. The molecule has 170 valence electrons. The molecule has 6 N–H and O–H groups in total. The predicted molar refractivity (Wildman–Crippen MR) is 117 cm³/mol. The van der Waals surface area contributed by atoms with Crippen LogP contribution in [-0.2, 0) is 31.8 Å². The molecule has 0 amide bonds. The van der Waals surface area contributed by atoms with Gasteiger partial charge in [-0.05, 0) is 66.0 Å². The monoisotopic (exact) mass is 430 g/mol. The average molecular weight is 431 g/mol. The molecule has 0 spiro atoms. The van der Waals surface area contributed by atoms with Crippen molar-refractivity contribution < 1.29 is 30.6 Å². The van der Waals surface area contributed by atoms with E-state index in [9.17, 15) is 30.6 Å². The fraction of sp³-hybridized carbons (Fsp3) is 0.520. The molecule has 1 aliphatic carbocycles. The van der Waals surface area contributed by atoms with Crippen molar-refractivity contribution in [2.45, 2.75) is 71.9 Å². The Morgan fingerprint density at radius 2 is 1.06 bits per heavy atom. The van der Waals surface area contributed by atoms with Crippen molar-refractivity contribution in [1.29, 1.82) is 0 Å². The standard InChI is InChI=1S/C25H34O6/c1-15-8-24(2,3)14-25(9-15,20-4-16(10-26)22(30)17(5-20)11-27)21-6-18(12-28)23(31)19(7-21)13-29/h4-7,15,26-31H,8-14H2,1-3H3. The molecule has 1 saturated carbocycles. The Labute approximate surface area is 183 Å². The minimum absolute atomic E-state index is 0.0229. The molecule has 1 unspecified atom stereocenters. The van der Waals surface area contributed by atoms with Crippen molar-refractivity contribution in [1.82, 2.24) is 0 Å². The van der Waals surface area contributed by atoms with Crippen molar-refractivity contribution >= 4 is 0 Å². The molecule has 0 aliphatic heterocycles. The molecular formula is C25H34O6. The molecular weight excluding hydrogens is 396 g/mol. The van der Waals surface area contributed by atoms with Crippen LogP contribution in [0.15, 0.2) is 24.3 Å². The summed E-state index contributed by atoms with van der Waals surface area (Å²) >= 11 is 0. The zero-order valence-electron chi connectivity index (χ0n) is 18.5. The lowest BCUT2D eigenvalue weighted by atomic mass is 9.55. The summed E-state index contributed by atoms with van der Waals surface area (Å²) < 4.78 is 0. The summed E-state index contributed by atoms with van der Waals surface area (Å²) in [5.74, 6) is 0.145. The molecule has 2 aromatic rings. The Hall–Kier alpha value is -2.12. The molecule has 6 heteroatoms. The lowest BCUT2D eigenvalue weighted by molar-refractivity contribution is 0.126. The number of aromatic hydroxyl groups is 2. The van der Waals surface area contributed by atoms with Gasteiger partial charge in [0.2, 0.25) is 0 Å². The van der Waals surface area contributed by atoms with Gasteiger partial charge in [0.05, 0.1) is 26.4 Å². The molecule has 0 radical (unpaired) electrons. The first-order valence-electron chi connectivity index (χ1n) is 10.7. The number of benzene rings is 2. The number of aliphatic hydroxyl groups is 4. The van der Waals surface area contributed by atoms with Crippen LogP contribution in [0.5, 0.6) is 11.5 Å². The second-order valence-corrected chi connectivity index (χ2v) is 9.86. The van der Waals surface area contributed by atoms with Crippen LogP contribution in [0.4, 0.5) is 0 Å². The van der Waals surface area contributed by atoms with Gasteiger partial charge in [0, 0.05) is 27.7 Å². The Morgan fingerprint density at radius 1 is 0.710 bits per heavy atom. The highest BCUT2D eigenvalue weighted by Crippen LogP contribution is 2.54. The number of aliphatic hydroxyl groups excluding tert-OH is 4. The highest BCUT2D eigenvalue weighted by molar-refractivity contribution is 5.53. The quantitative estimate of drug-likeness (QED) is 0.419. The van der Waals surface area contributed by atoms with E-state index in [0.29, 0.717) is 28.2 Å². The highest BCUT2D eigenvalue weighted by atomic mass is 16.3. The lowest BCUT2D eigenvalue weighted by Gasteiger charge is -2.49. The van der Waals surface area contributed by atoms with Gasteiger partial charge in [-0.3, -0.25) is 0 Å². The smallest absolute Gasteiger partial charge is 0.126 e. The molecule has 6 nitrogen and oxygen atoms in total. The molecule has 1 atom stereocenters. The van der Waals surface area contributed by atoms with Gasteiger partial charge in [-0.25, -0.2) is 0 Å². The normalized spacial score (nSPS) is 20.0. The average Bonchev–Trinajstić information content (AvgIpc) is 2.72. The number of phenols is 2. The summed E-state index contributed by atoms with van der Waals surface area (Å²) in [6, 6.07) is 7.14. The maximum Gasteiger partial charge on any atom is 0.126 e. The topological polar surface area (TPSA) is 121 Å². The first kappa shape index (κ1) is 23.5. The largest absolute Gasteiger partial charge is 0.507 e. The molecule has 0 saturated heterocycles. The molecule has 3 rings (SSSR count). The molecule has 31 heavy (non-hydrogen) atoms. The fourth-order valence-corrected chi connectivity index (χ4v) is 5.73. The van der Waals surface area contributed by atoms with E-state index in [1.807, 2.05) is 0 Å². The first-order valence-corrected chi connectivity index (χ1v) is 10.7. The maximum atomic E-state index is 10.4. The van der Waals surface area contributed by atoms with E-state index in [4.69, 9.17) is 0 Å². The van der Waals surface area contributed by atoms with Crippen LogP contribution in [0.25, 0.3) is 0 Å². The van der Waals surface area contributed by atoms with Crippen LogP contribution in [0.2, 0.25) is 0 Å². The first-order chi connectivity index (χ1) is 14.6. The van der Waals surface area contributed by atoms with Gasteiger partial charge in [-0.1, -0.05) is 20.8 Å². The van der Waals surface area contributed by atoms with E-state index in [0.717, 1.165) is 30.4 Å². The second-order valence-electron chi connectivity index (χ2n) is 9.86. The van der Waals surface area contributed by atoms with Crippen LogP contribution in [0, 0.1) is 11.3 Å². The van der Waals surface area contributed by atoms with Crippen molar-refractivity contribution in [2.24, 2.45) is 11.3 Å². The van der Waals surface area contributed by atoms with Crippen molar-refractivity contribution in [3.05, 3.63) is 57.6 Å². The summed E-state index contributed by atoms with van der Waals surface area (Å²) in [5.41, 5.74) is 2.53. The zero-order valence-corrected chi connectivity index (χ0v) is 18.5. The molecule has 0 heterocycles. The summed E-state index contributed by atoms with van der Waals surface area (Å²) in [5, 5.41) is 60.1. The van der Waals surface area contributed by atoms with E-state index in [-0.39, 0.29) is 43.3 Å². The third-order valence-electron chi connectivity index (χ3n) is 6.70. The fourth-order valence-electron chi connectivity index (χ4n) is 5.73. The van der Waals surface area contributed by atoms with Gasteiger partial charge >= 0.3 is 0 Å². The summed E-state index contributed by atoms with van der Waals surface area (Å²) in [4.78, 5) is 0. The van der Waals surface area contributed by atoms with Gasteiger partial charge in [0.25, 0.3) is 0 Å². The van der Waals surface area contributed by atoms with Gasteiger partial charge in [-0.2, -0.15) is 0 Å². The number of rotatable bonds is 6.